The summed E-state index contributed by atoms with van der Waals surface area (Å²) < 4.78 is 5.74. The molecule has 1 aliphatic heterocycles. The number of aryl methyl sites for hydroxylation is 1. The highest BCUT2D eigenvalue weighted by Gasteiger charge is 2.30. The molecule has 6 heteroatoms. The van der Waals surface area contributed by atoms with Crippen LogP contribution in [0.4, 0.5) is 0 Å². The maximum atomic E-state index is 10.3. The summed E-state index contributed by atoms with van der Waals surface area (Å²) in [5, 5.41) is 16.7. The lowest BCUT2D eigenvalue weighted by Gasteiger charge is -2.21. The molecule has 2 aromatic rings. The van der Waals surface area contributed by atoms with Gasteiger partial charge in [-0.05, 0) is 36.8 Å². The second-order valence-electron chi connectivity index (χ2n) is 5.92. The highest BCUT2D eigenvalue weighted by atomic mass is 32.2. The van der Waals surface area contributed by atoms with Crippen molar-refractivity contribution in [3.05, 3.63) is 45.9 Å². The van der Waals surface area contributed by atoms with Crippen LogP contribution in [0.15, 0.2) is 29.6 Å². The Bertz CT molecular complexity index is 622. The van der Waals surface area contributed by atoms with Gasteiger partial charge in [0.05, 0.1) is 16.3 Å². The Morgan fingerprint density at radius 3 is 2.83 bits per heavy atom. The molecule has 1 fully saturated rings. The predicted molar refractivity (Wildman–Crippen MR) is 96.2 cm³/mol. The van der Waals surface area contributed by atoms with Crippen molar-refractivity contribution in [2.24, 2.45) is 0 Å². The van der Waals surface area contributed by atoms with Crippen LogP contribution in [0.2, 0.25) is 0 Å². The van der Waals surface area contributed by atoms with Gasteiger partial charge in [0.15, 0.2) is 0 Å². The molecule has 1 saturated heterocycles. The van der Waals surface area contributed by atoms with E-state index in [1.54, 1.807) is 11.3 Å². The summed E-state index contributed by atoms with van der Waals surface area (Å²) in [4.78, 5) is 4.39. The van der Waals surface area contributed by atoms with E-state index in [2.05, 4.69) is 22.4 Å². The molecule has 4 nitrogen and oxygen atoms in total. The highest BCUT2D eigenvalue weighted by molar-refractivity contribution is 7.99. The maximum absolute atomic E-state index is 10.3. The van der Waals surface area contributed by atoms with Crippen molar-refractivity contribution in [1.82, 2.24) is 10.3 Å². The molecular weight excluding hydrogens is 328 g/mol. The number of nitrogens with one attached hydrogen (secondary N) is 1. The number of thiazole rings is 1. The molecule has 2 N–H and O–H groups in total. The summed E-state index contributed by atoms with van der Waals surface area (Å²) in [6, 6.07) is 8.08. The van der Waals surface area contributed by atoms with Gasteiger partial charge >= 0.3 is 0 Å². The molecule has 0 bridgehead atoms. The van der Waals surface area contributed by atoms with Crippen LogP contribution in [0.3, 0.4) is 0 Å². The van der Waals surface area contributed by atoms with Gasteiger partial charge in [0.1, 0.15) is 12.4 Å². The SMILES string of the molecule is Cc1nc(COc2ccc(CNCC3(O)CCSC3)cc2)cs1. The van der Waals surface area contributed by atoms with E-state index >= 15 is 0 Å². The van der Waals surface area contributed by atoms with Crippen LogP contribution in [0.1, 0.15) is 22.7 Å². The van der Waals surface area contributed by atoms with Crippen LogP contribution >= 0.6 is 23.1 Å². The van der Waals surface area contributed by atoms with Crippen molar-refractivity contribution in [1.29, 1.82) is 0 Å². The normalized spacial score (nSPS) is 20.8. The molecule has 124 valence electrons. The molecule has 1 aromatic heterocycles. The molecule has 23 heavy (non-hydrogen) atoms. The van der Waals surface area contributed by atoms with Crippen molar-refractivity contribution in [3.63, 3.8) is 0 Å². The van der Waals surface area contributed by atoms with Crippen molar-refractivity contribution in [2.75, 3.05) is 18.1 Å². The third kappa shape index (κ3) is 4.94. The first-order valence-corrected chi connectivity index (χ1v) is 9.80. The molecule has 0 spiro atoms. The fourth-order valence-corrected chi connectivity index (χ4v) is 4.40. The number of rotatable bonds is 7. The summed E-state index contributed by atoms with van der Waals surface area (Å²) in [6.45, 7) is 3.92. The Balaban J connectivity index is 1.43. The third-order valence-corrected chi connectivity index (χ3v) is 5.90. The van der Waals surface area contributed by atoms with Crippen LogP contribution in [0.5, 0.6) is 5.75 Å². The number of hydrogen-bond acceptors (Lipinski definition) is 6. The number of aromatic nitrogens is 1. The molecule has 3 rings (SSSR count). The lowest BCUT2D eigenvalue weighted by molar-refractivity contribution is 0.0674. The van der Waals surface area contributed by atoms with Crippen LogP contribution in [0, 0.1) is 6.92 Å². The fraction of sp³-hybridized carbons (Fsp3) is 0.471. The minimum Gasteiger partial charge on any atom is -0.487 e. The number of ether oxygens (including phenoxy) is 1. The van der Waals surface area contributed by atoms with E-state index in [0.29, 0.717) is 13.2 Å². The molecule has 0 amide bonds. The van der Waals surface area contributed by atoms with E-state index in [9.17, 15) is 5.11 Å². The zero-order chi connectivity index (χ0) is 16.1. The van der Waals surface area contributed by atoms with E-state index in [1.807, 2.05) is 36.2 Å². The Kier molecular flexibility index (Phi) is 5.58. The van der Waals surface area contributed by atoms with E-state index < -0.39 is 5.60 Å². The molecular formula is C17H22N2O2S2. The second-order valence-corrected chi connectivity index (χ2v) is 8.09. The average molecular weight is 351 g/mol. The molecule has 2 heterocycles. The smallest absolute Gasteiger partial charge is 0.131 e. The summed E-state index contributed by atoms with van der Waals surface area (Å²) in [6.07, 6.45) is 0.882. The van der Waals surface area contributed by atoms with E-state index in [0.717, 1.165) is 40.9 Å². The Labute approximate surface area is 145 Å². The van der Waals surface area contributed by atoms with E-state index in [-0.39, 0.29) is 0 Å². The molecule has 0 aliphatic carbocycles. The zero-order valence-electron chi connectivity index (χ0n) is 13.2. The van der Waals surface area contributed by atoms with Crippen molar-refractivity contribution < 1.29 is 9.84 Å². The monoisotopic (exact) mass is 350 g/mol. The van der Waals surface area contributed by atoms with Gasteiger partial charge in [-0.15, -0.1) is 11.3 Å². The van der Waals surface area contributed by atoms with Gasteiger partial charge in [-0.2, -0.15) is 11.8 Å². The minimum absolute atomic E-state index is 0.507. The molecule has 0 saturated carbocycles. The van der Waals surface area contributed by atoms with Gasteiger partial charge in [-0.3, -0.25) is 0 Å². The number of thioether (sulfide) groups is 1. The number of nitrogens with zero attached hydrogens (tertiary/aromatic N) is 1. The predicted octanol–water partition coefficient (Wildman–Crippen LogP) is 2.99. The summed E-state index contributed by atoms with van der Waals surface area (Å²) >= 11 is 3.46. The van der Waals surface area contributed by atoms with Gasteiger partial charge in [-0.25, -0.2) is 4.98 Å². The van der Waals surface area contributed by atoms with Crippen LogP contribution in [0.25, 0.3) is 0 Å². The van der Waals surface area contributed by atoms with Crippen LogP contribution < -0.4 is 10.1 Å². The Morgan fingerprint density at radius 2 is 2.17 bits per heavy atom. The van der Waals surface area contributed by atoms with Crippen LogP contribution in [-0.4, -0.2) is 33.7 Å². The molecule has 1 atom stereocenters. The number of aliphatic hydroxyl groups is 1. The molecule has 1 unspecified atom stereocenters. The lowest BCUT2D eigenvalue weighted by atomic mass is 10.0. The van der Waals surface area contributed by atoms with Gasteiger partial charge < -0.3 is 15.2 Å². The summed E-state index contributed by atoms with van der Waals surface area (Å²) in [5.74, 6) is 2.75. The highest BCUT2D eigenvalue weighted by Crippen LogP contribution is 2.27. The second kappa shape index (κ2) is 7.66. The van der Waals surface area contributed by atoms with Gasteiger partial charge in [0.25, 0.3) is 0 Å². The Hall–Kier alpha value is -1.08. The quantitative estimate of drug-likeness (QED) is 0.804. The zero-order valence-corrected chi connectivity index (χ0v) is 14.9. The van der Waals surface area contributed by atoms with Crippen LogP contribution in [-0.2, 0) is 13.2 Å². The molecule has 1 aromatic carbocycles. The minimum atomic E-state index is -0.528. The van der Waals surface area contributed by atoms with Gasteiger partial charge in [-0.1, -0.05) is 12.1 Å². The Morgan fingerprint density at radius 1 is 1.35 bits per heavy atom. The lowest BCUT2D eigenvalue weighted by Crippen LogP contribution is -2.40. The molecule has 0 radical (unpaired) electrons. The molecule has 1 aliphatic rings. The van der Waals surface area contributed by atoms with E-state index in [1.165, 1.54) is 5.56 Å². The largest absolute Gasteiger partial charge is 0.487 e. The standard InChI is InChI=1S/C17H22N2O2S2/c1-13-19-15(10-23-13)9-21-16-4-2-14(3-5-16)8-18-11-17(20)6-7-22-12-17/h2-5,10,18,20H,6-9,11-12H2,1H3. The topological polar surface area (TPSA) is 54.4 Å². The third-order valence-electron chi connectivity index (χ3n) is 3.84. The summed E-state index contributed by atoms with van der Waals surface area (Å²) in [5.41, 5.74) is 1.64. The first-order valence-electron chi connectivity index (χ1n) is 7.77. The fourth-order valence-electron chi connectivity index (χ4n) is 2.51. The van der Waals surface area contributed by atoms with Gasteiger partial charge in [0, 0.05) is 24.2 Å². The van der Waals surface area contributed by atoms with Crippen molar-refractivity contribution in [3.8, 4) is 5.75 Å². The van der Waals surface area contributed by atoms with Gasteiger partial charge in [0.2, 0.25) is 0 Å². The summed E-state index contributed by atoms with van der Waals surface area (Å²) in [7, 11) is 0. The first kappa shape index (κ1) is 16.8. The van der Waals surface area contributed by atoms with Crippen molar-refractivity contribution in [2.45, 2.75) is 32.1 Å². The average Bonchev–Trinajstić information content (AvgIpc) is 3.15. The number of hydrogen-bond donors (Lipinski definition) is 2. The maximum Gasteiger partial charge on any atom is 0.131 e. The van der Waals surface area contributed by atoms with E-state index in [4.69, 9.17) is 4.74 Å². The van der Waals surface area contributed by atoms with Crippen molar-refractivity contribution >= 4 is 23.1 Å². The number of benzene rings is 1. The first-order chi connectivity index (χ1) is 11.1.